The smallest absolute Gasteiger partial charge is 0.0477 e. The number of rotatable bonds is 3. The Balaban J connectivity index is 2.53. The van der Waals surface area contributed by atoms with Crippen molar-refractivity contribution in [3.05, 3.63) is 30.0 Å². The van der Waals surface area contributed by atoms with Gasteiger partial charge in [0.1, 0.15) is 0 Å². The number of fused-ring (bicyclic) bond motifs is 1. The number of aromatic nitrogens is 1. The average molecular weight is 216 g/mol. The van der Waals surface area contributed by atoms with E-state index in [4.69, 9.17) is 0 Å². The first-order valence-corrected chi connectivity index (χ1v) is 5.95. The molecular formula is C14H20N2. The standard InChI is InChI=1S/C14H20N2/c1-9(2)13-7-11(16-10(3)4)8-14-12(13)5-6-15-14/h5-10,15-16H,1-4H3. The SMILES string of the molecule is CC(C)Nc1cc(C(C)C)c2cc[nH]c2c1. The molecule has 0 fully saturated rings. The highest BCUT2D eigenvalue weighted by atomic mass is 14.9. The zero-order valence-electron chi connectivity index (χ0n) is 10.5. The van der Waals surface area contributed by atoms with E-state index in [1.165, 1.54) is 22.2 Å². The summed E-state index contributed by atoms with van der Waals surface area (Å²) >= 11 is 0. The summed E-state index contributed by atoms with van der Waals surface area (Å²) in [5.74, 6) is 0.548. The van der Waals surface area contributed by atoms with Crippen molar-refractivity contribution < 1.29 is 0 Å². The first kappa shape index (κ1) is 11.1. The topological polar surface area (TPSA) is 27.8 Å². The molecule has 2 aromatic rings. The number of aromatic amines is 1. The lowest BCUT2D eigenvalue weighted by atomic mass is 9.98. The molecule has 2 rings (SSSR count). The number of nitrogens with one attached hydrogen (secondary N) is 2. The molecule has 1 aromatic heterocycles. The van der Waals surface area contributed by atoms with Crippen LogP contribution in [-0.2, 0) is 0 Å². The summed E-state index contributed by atoms with van der Waals surface area (Å²) in [6.45, 7) is 8.80. The van der Waals surface area contributed by atoms with Gasteiger partial charge in [0.2, 0.25) is 0 Å². The van der Waals surface area contributed by atoms with Crippen LogP contribution in [0.1, 0.15) is 39.2 Å². The van der Waals surface area contributed by atoms with Gasteiger partial charge in [-0.15, -0.1) is 0 Å². The Morgan fingerprint density at radius 3 is 2.50 bits per heavy atom. The van der Waals surface area contributed by atoms with Gasteiger partial charge in [-0.25, -0.2) is 0 Å². The Kier molecular flexibility index (Phi) is 2.90. The van der Waals surface area contributed by atoms with Crippen molar-refractivity contribution >= 4 is 16.6 Å². The molecule has 0 spiro atoms. The largest absolute Gasteiger partial charge is 0.383 e. The molecule has 0 saturated carbocycles. The molecular weight excluding hydrogens is 196 g/mol. The lowest BCUT2D eigenvalue weighted by molar-refractivity contribution is 0.870. The first-order valence-electron chi connectivity index (χ1n) is 5.95. The van der Waals surface area contributed by atoms with Gasteiger partial charge in [-0.05, 0) is 43.5 Å². The van der Waals surface area contributed by atoms with E-state index in [1.54, 1.807) is 0 Å². The lowest BCUT2D eigenvalue weighted by Gasteiger charge is -2.14. The van der Waals surface area contributed by atoms with Gasteiger partial charge < -0.3 is 10.3 Å². The molecule has 2 nitrogen and oxygen atoms in total. The van der Waals surface area contributed by atoms with Gasteiger partial charge in [0.05, 0.1) is 0 Å². The summed E-state index contributed by atoms with van der Waals surface area (Å²) < 4.78 is 0. The molecule has 2 heteroatoms. The van der Waals surface area contributed by atoms with Crippen molar-refractivity contribution in [1.29, 1.82) is 0 Å². The lowest BCUT2D eigenvalue weighted by Crippen LogP contribution is -2.10. The number of hydrogen-bond acceptors (Lipinski definition) is 1. The molecule has 0 unspecified atom stereocenters. The highest BCUT2D eigenvalue weighted by Crippen LogP contribution is 2.28. The predicted molar refractivity (Wildman–Crippen MR) is 71.1 cm³/mol. The van der Waals surface area contributed by atoms with Gasteiger partial charge >= 0.3 is 0 Å². The summed E-state index contributed by atoms with van der Waals surface area (Å²) in [4.78, 5) is 3.29. The zero-order chi connectivity index (χ0) is 11.7. The quantitative estimate of drug-likeness (QED) is 0.794. The summed E-state index contributed by atoms with van der Waals surface area (Å²) in [7, 11) is 0. The Bertz CT molecular complexity index is 480. The van der Waals surface area contributed by atoms with Crippen molar-refractivity contribution in [2.24, 2.45) is 0 Å². The Hall–Kier alpha value is -1.44. The van der Waals surface area contributed by atoms with Gasteiger partial charge in [0, 0.05) is 28.8 Å². The van der Waals surface area contributed by atoms with Gasteiger partial charge in [-0.2, -0.15) is 0 Å². The third kappa shape index (κ3) is 2.06. The van der Waals surface area contributed by atoms with E-state index < -0.39 is 0 Å². The molecule has 2 N–H and O–H groups in total. The fraction of sp³-hybridized carbons (Fsp3) is 0.429. The molecule has 1 aromatic carbocycles. The van der Waals surface area contributed by atoms with Crippen LogP contribution in [0.5, 0.6) is 0 Å². The summed E-state index contributed by atoms with van der Waals surface area (Å²) in [6, 6.07) is 7.07. The van der Waals surface area contributed by atoms with E-state index in [1.807, 2.05) is 6.20 Å². The van der Waals surface area contributed by atoms with E-state index in [2.05, 4.69) is 56.2 Å². The van der Waals surface area contributed by atoms with Crippen molar-refractivity contribution in [3.8, 4) is 0 Å². The van der Waals surface area contributed by atoms with Gasteiger partial charge in [-0.1, -0.05) is 13.8 Å². The molecule has 86 valence electrons. The molecule has 0 aliphatic heterocycles. The molecule has 16 heavy (non-hydrogen) atoms. The number of H-pyrrole nitrogens is 1. The minimum Gasteiger partial charge on any atom is -0.383 e. The number of hydrogen-bond donors (Lipinski definition) is 2. The second-order valence-electron chi connectivity index (χ2n) is 4.96. The second kappa shape index (κ2) is 4.20. The van der Waals surface area contributed by atoms with Crippen LogP contribution in [0.15, 0.2) is 24.4 Å². The van der Waals surface area contributed by atoms with Crippen LogP contribution in [-0.4, -0.2) is 11.0 Å². The van der Waals surface area contributed by atoms with Crippen LogP contribution in [0.4, 0.5) is 5.69 Å². The van der Waals surface area contributed by atoms with Crippen molar-refractivity contribution in [2.45, 2.75) is 39.7 Å². The fourth-order valence-corrected chi connectivity index (χ4v) is 2.09. The number of benzene rings is 1. The van der Waals surface area contributed by atoms with Crippen molar-refractivity contribution in [1.82, 2.24) is 4.98 Å². The molecule has 0 atom stereocenters. The second-order valence-corrected chi connectivity index (χ2v) is 4.96. The molecule has 0 amide bonds. The molecule has 0 bridgehead atoms. The maximum absolute atomic E-state index is 3.46. The summed E-state index contributed by atoms with van der Waals surface area (Å²) in [5.41, 5.74) is 3.82. The fourth-order valence-electron chi connectivity index (χ4n) is 2.09. The van der Waals surface area contributed by atoms with Crippen LogP contribution in [0.3, 0.4) is 0 Å². The van der Waals surface area contributed by atoms with Crippen molar-refractivity contribution in [3.63, 3.8) is 0 Å². The minimum atomic E-state index is 0.465. The monoisotopic (exact) mass is 216 g/mol. The normalized spacial score (nSPS) is 11.6. The molecule has 0 aliphatic carbocycles. The molecule has 0 aliphatic rings. The minimum absolute atomic E-state index is 0.465. The highest BCUT2D eigenvalue weighted by molar-refractivity contribution is 5.87. The van der Waals surface area contributed by atoms with E-state index in [0.717, 1.165) is 0 Å². The van der Waals surface area contributed by atoms with Crippen LogP contribution >= 0.6 is 0 Å². The Morgan fingerprint density at radius 1 is 1.12 bits per heavy atom. The average Bonchev–Trinajstić information content (AvgIpc) is 2.62. The van der Waals surface area contributed by atoms with Crippen LogP contribution in [0, 0.1) is 0 Å². The summed E-state index contributed by atoms with van der Waals surface area (Å²) in [5, 5.41) is 4.80. The zero-order valence-corrected chi connectivity index (χ0v) is 10.5. The third-order valence-corrected chi connectivity index (χ3v) is 2.78. The van der Waals surface area contributed by atoms with Crippen LogP contribution in [0.2, 0.25) is 0 Å². The third-order valence-electron chi connectivity index (χ3n) is 2.78. The molecule has 0 radical (unpaired) electrons. The van der Waals surface area contributed by atoms with Crippen molar-refractivity contribution in [2.75, 3.05) is 5.32 Å². The van der Waals surface area contributed by atoms with E-state index >= 15 is 0 Å². The van der Waals surface area contributed by atoms with E-state index in [-0.39, 0.29) is 0 Å². The van der Waals surface area contributed by atoms with E-state index in [9.17, 15) is 0 Å². The first-order chi connectivity index (χ1) is 7.58. The summed E-state index contributed by atoms with van der Waals surface area (Å²) in [6.07, 6.45) is 2.01. The van der Waals surface area contributed by atoms with Crippen LogP contribution < -0.4 is 5.32 Å². The van der Waals surface area contributed by atoms with Crippen LogP contribution in [0.25, 0.3) is 10.9 Å². The highest BCUT2D eigenvalue weighted by Gasteiger charge is 2.08. The van der Waals surface area contributed by atoms with Gasteiger partial charge in [-0.3, -0.25) is 0 Å². The maximum atomic E-state index is 3.46. The maximum Gasteiger partial charge on any atom is 0.0477 e. The Labute approximate surface area is 97.1 Å². The van der Waals surface area contributed by atoms with Gasteiger partial charge in [0.15, 0.2) is 0 Å². The molecule has 1 heterocycles. The van der Waals surface area contributed by atoms with Gasteiger partial charge in [0.25, 0.3) is 0 Å². The Morgan fingerprint density at radius 2 is 1.88 bits per heavy atom. The number of anilines is 1. The van der Waals surface area contributed by atoms with E-state index in [0.29, 0.717) is 12.0 Å². The predicted octanol–water partition coefficient (Wildman–Crippen LogP) is 4.11. The molecule has 0 saturated heterocycles.